The van der Waals surface area contributed by atoms with E-state index in [1.165, 1.54) is 58.5 Å². The van der Waals surface area contributed by atoms with Crippen molar-refractivity contribution >= 4 is 25.8 Å². The zero-order chi connectivity index (χ0) is 30.3. The summed E-state index contributed by atoms with van der Waals surface area (Å²) in [6.45, 7) is 17.2. The van der Waals surface area contributed by atoms with Gasteiger partial charge in [-0.1, -0.05) is 92.6 Å². The quantitative estimate of drug-likeness (QED) is 0.0811. The van der Waals surface area contributed by atoms with Crippen molar-refractivity contribution in [3.8, 4) is 11.5 Å². The number of hydrogen-bond donors (Lipinski definition) is 0. The van der Waals surface area contributed by atoms with Crippen LogP contribution in [0.4, 0.5) is 0 Å². The highest BCUT2D eigenvalue weighted by Crippen LogP contribution is 2.51. The topological polar surface area (TPSA) is 36.9 Å². The maximum atomic E-state index is 6.53. The molecule has 2 aromatic rings. The second kappa shape index (κ2) is 19.0. The first-order chi connectivity index (χ1) is 19.7. The molecule has 0 spiro atoms. The summed E-state index contributed by atoms with van der Waals surface area (Å²) in [6.07, 6.45) is 13.7. The number of benzene rings is 2. The van der Waals surface area contributed by atoms with Crippen LogP contribution in [0.25, 0.3) is 0 Å². The number of aryl methyl sites for hydroxylation is 4. The minimum absolute atomic E-state index is 0.265. The van der Waals surface area contributed by atoms with Gasteiger partial charge in [-0.3, -0.25) is 0 Å². The van der Waals surface area contributed by atoms with Gasteiger partial charge in [-0.2, -0.15) is 0 Å². The average molecular weight is 603 g/mol. The molecular formula is C35H59O4PSi. The van der Waals surface area contributed by atoms with E-state index in [-0.39, 0.29) is 13.6 Å². The highest BCUT2D eigenvalue weighted by molar-refractivity contribution is 8.04. The van der Waals surface area contributed by atoms with Gasteiger partial charge in [0, 0.05) is 24.8 Å². The number of methoxy groups -OCH3 is 2. The minimum atomic E-state index is -1.80. The summed E-state index contributed by atoms with van der Waals surface area (Å²) < 4.78 is 24.0. The van der Waals surface area contributed by atoms with Crippen molar-refractivity contribution in [1.82, 2.24) is 0 Å². The molecule has 6 heteroatoms. The zero-order valence-corrected chi connectivity index (χ0v) is 29.7. The van der Waals surface area contributed by atoms with E-state index in [0.29, 0.717) is 0 Å². The smallest absolute Gasteiger partial charge is 0.188 e. The highest BCUT2D eigenvalue weighted by Gasteiger charge is 2.36. The molecule has 0 aliphatic carbocycles. The van der Waals surface area contributed by atoms with Crippen molar-refractivity contribution in [3.63, 3.8) is 0 Å². The van der Waals surface area contributed by atoms with Gasteiger partial charge in [0.1, 0.15) is 11.5 Å². The normalized spacial score (nSPS) is 11.9. The third-order valence-electron chi connectivity index (χ3n) is 7.44. The molecule has 0 aliphatic heterocycles. The van der Waals surface area contributed by atoms with Crippen LogP contribution in [0, 0.1) is 0 Å². The van der Waals surface area contributed by atoms with E-state index >= 15 is 0 Å². The molecule has 0 saturated heterocycles. The van der Waals surface area contributed by atoms with Gasteiger partial charge in [0.05, 0.1) is 7.74 Å². The molecular weight excluding hydrogens is 543 g/mol. The van der Waals surface area contributed by atoms with E-state index in [4.69, 9.17) is 18.9 Å². The van der Waals surface area contributed by atoms with Crippen LogP contribution in [0.5, 0.6) is 11.5 Å². The van der Waals surface area contributed by atoms with E-state index in [2.05, 4.69) is 71.6 Å². The van der Waals surface area contributed by atoms with Gasteiger partial charge < -0.3 is 18.9 Å². The Kier molecular flexibility index (Phi) is 16.6. The maximum Gasteiger partial charge on any atom is 0.188 e. The van der Waals surface area contributed by atoms with Gasteiger partial charge in [0.2, 0.25) is 0 Å². The Morgan fingerprint density at radius 2 is 0.927 bits per heavy atom. The lowest BCUT2D eigenvalue weighted by Gasteiger charge is -2.35. The minimum Gasteiger partial charge on any atom is -0.467 e. The first-order valence-corrected chi connectivity index (χ1v) is 21.8. The van der Waals surface area contributed by atoms with Crippen LogP contribution in [0.15, 0.2) is 24.3 Å². The Balaban J connectivity index is 2.96. The van der Waals surface area contributed by atoms with Crippen LogP contribution in [0.2, 0.25) is 19.6 Å². The Labute approximate surface area is 254 Å². The fourth-order valence-electron chi connectivity index (χ4n) is 5.38. The van der Waals surface area contributed by atoms with Crippen molar-refractivity contribution in [3.05, 3.63) is 46.5 Å². The number of rotatable bonds is 21. The largest absolute Gasteiger partial charge is 0.467 e. The molecule has 0 fully saturated rings. The molecule has 2 rings (SSSR count). The number of hydrogen-bond acceptors (Lipinski definition) is 4. The molecule has 2 aromatic carbocycles. The fourth-order valence-corrected chi connectivity index (χ4v) is 13.8. The van der Waals surface area contributed by atoms with Crippen molar-refractivity contribution in [2.45, 2.75) is 124 Å². The lowest BCUT2D eigenvalue weighted by Crippen LogP contribution is -2.33. The van der Waals surface area contributed by atoms with Crippen LogP contribution >= 0.6 is 7.47 Å². The van der Waals surface area contributed by atoms with Gasteiger partial charge in [-0.15, -0.1) is 0 Å². The summed E-state index contributed by atoms with van der Waals surface area (Å²) in [6, 6.07) is 9.82. The molecule has 232 valence electrons. The van der Waals surface area contributed by atoms with Gasteiger partial charge in [0.15, 0.2) is 13.6 Å². The summed E-state index contributed by atoms with van der Waals surface area (Å²) >= 11 is 0. The first-order valence-electron chi connectivity index (χ1n) is 16.1. The van der Waals surface area contributed by atoms with E-state index in [1.807, 2.05) is 0 Å². The molecule has 0 heterocycles. The molecule has 0 amide bonds. The number of unbranched alkanes of at least 4 members (excludes halogenated alkanes) is 4. The molecule has 0 saturated carbocycles. The van der Waals surface area contributed by atoms with Crippen molar-refractivity contribution in [2.75, 3.05) is 27.8 Å². The van der Waals surface area contributed by atoms with Gasteiger partial charge in [0.25, 0.3) is 0 Å². The summed E-state index contributed by atoms with van der Waals surface area (Å²) in [5.41, 5.74) is 5.56. The third kappa shape index (κ3) is 11.0. The Morgan fingerprint density at radius 3 is 1.24 bits per heavy atom. The molecule has 0 bridgehead atoms. The van der Waals surface area contributed by atoms with Gasteiger partial charge in [-0.25, -0.2) is 0 Å². The zero-order valence-electron chi connectivity index (χ0n) is 27.8. The van der Waals surface area contributed by atoms with Crippen LogP contribution in [0.3, 0.4) is 0 Å². The third-order valence-corrected chi connectivity index (χ3v) is 15.9. The lowest BCUT2D eigenvalue weighted by atomic mass is 10.0. The predicted octanol–water partition coefficient (Wildman–Crippen LogP) is 9.29. The molecule has 0 radical (unpaired) electrons. The van der Waals surface area contributed by atoms with Crippen molar-refractivity contribution in [2.24, 2.45) is 0 Å². The molecule has 0 unspecified atom stereocenters. The van der Waals surface area contributed by atoms with Crippen LogP contribution in [0.1, 0.15) is 101 Å². The summed E-state index contributed by atoms with van der Waals surface area (Å²) in [4.78, 5) is 0. The SMILES string of the molecule is CCCCc1cc(CCCC)c(OCOC)c(P(c2cc(CCCC)cc(CCCC)c2OCOC)[Si](C)(C)C)c1. The van der Waals surface area contributed by atoms with Crippen molar-refractivity contribution in [1.29, 1.82) is 0 Å². The molecule has 0 N–H and O–H groups in total. The van der Waals surface area contributed by atoms with E-state index in [1.54, 1.807) is 14.2 Å². The van der Waals surface area contributed by atoms with Crippen molar-refractivity contribution < 1.29 is 18.9 Å². The summed E-state index contributed by atoms with van der Waals surface area (Å²) in [5.74, 6) is 2.11. The Morgan fingerprint density at radius 1 is 0.561 bits per heavy atom. The highest BCUT2D eigenvalue weighted by atomic mass is 31.4. The molecule has 4 nitrogen and oxygen atoms in total. The molecule has 41 heavy (non-hydrogen) atoms. The Hall–Kier alpha value is -1.39. The lowest BCUT2D eigenvalue weighted by molar-refractivity contribution is 0.0511. The Bertz CT molecular complexity index is 958. The average Bonchev–Trinajstić information content (AvgIpc) is 2.94. The molecule has 0 aliphatic rings. The van der Waals surface area contributed by atoms with E-state index in [9.17, 15) is 0 Å². The number of ether oxygens (including phenoxy) is 4. The van der Waals surface area contributed by atoms with Crippen LogP contribution in [-0.4, -0.2) is 35.5 Å². The van der Waals surface area contributed by atoms with Crippen LogP contribution in [-0.2, 0) is 35.2 Å². The fraction of sp³-hybridized carbons (Fsp3) is 0.657. The second-order valence-corrected chi connectivity index (χ2v) is 23.6. The molecule has 0 aromatic heterocycles. The van der Waals surface area contributed by atoms with E-state index < -0.39 is 15.2 Å². The monoisotopic (exact) mass is 602 g/mol. The second-order valence-electron chi connectivity index (χ2n) is 12.2. The summed E-state index contributed by atoms with van der Waals surface area (Å²) in [7, 11) is 0.920. The molecule has 0 atom stereocenters. The van der Waals surface area contributed by atoms with Gasteiger partial charge >= 0.3 is 0 Å². The standard InChI is InChI=1S/C35H59O4PSi/c1-10-14-18-28-22-30(20-16-12-3)34(38-26-36-5)32(24-28)40(41(7,8)9)33-25-29(19-15-11-2)23-31(21-17-13-4)35(33)39-27-37-6/h22-25H,10-21,26-27H2,1-9H3. The maximum absolute atomic E-state index is 6.53. The van der Waals surface area contributed by atoms with E-state index in [0.717, 1.165) is 62.9 Å². The van der Waals surface area contributed by atoms with Crippen LogP contribution < -0.4 is 20.1 Å². The summed E-state index contributed by atoms with van der Waals surface area (Å²) in [5, 5.41) is 2.76. The first kappa shape index (κ1) is 35.8. The van der Waals surface area contributed by atoms with Gasteiger partial charge in [-0.05, 0) is 85.8 Å². The predicted molar refractivity (Wildman–Crippen MR) is 182 cm³/mol.